The van der Waals surface area contributed by atoms with Gasteiger partial charge in [0.2, 0.25) is 15.9 Å². The number of carbonyl (C=O) groups is 1. The minimum Gasteiger partial charge on any atom is -0.326 e. The van der Waals surface area contributed by atoms with E-state index in [9.17, 15) is 26.4 Å². The van der Waals surface area contributed by atoms with Crippen LogP contribution in [0.5, 0.6) is 0 Å². The Morgan fingerprint density at radius 1 is 1.33 bits per heavy atom. The van der Waals surface area contributed by atoms with E-state index in [4.69, 9.17) is 0 Å². The zero-order valence-corrected chi connectivity index (χ0v) is 12.3. The van der Waals surface area contributed by atoms with E-state index in [2.05, 4.69) is 5.32 Å². The van der Waals surface area contributed by atoms with Gasteiger partial charge in [-0.15, -0.1) is 0 Å². The van der Waals surface area contributed by atoms with Crippen molar-refractivity contribution in [3.8, 4) is 0 Å². The molecule has 1 amide bonds. The average molecular weight is 324 g/mol. The van der Waals surface area contributed by atoms with Gasteiger partial charge in [0.05, 0.1) is 11.8 Å². The van der Waals surface area contributed by atoms with Crippen molar-refractivity contribution in [1.82, 2.24) is 4.31 Å². The highest BCUT2D eigenvalue weighted by Crippen LogP contribution is 2.30. The minimum atomic E-state index is -4.49. The fraction of sp³-hybridized carbons (Fsp3) is 0.417. The van der Waals surface area contributed by atoms with E-state index in [0.29, 0.717) is 0 Å². The molecule has 0 saturated carbocycles. The molecule has 0 unspecified atom stereocenters. The first kappa shape index (κ1) is 17.4. The summed E-state index contributed by atoms with van der Waals surface area (Å²) in [7, 11) is -2.08. The molecule has 9 heteroatoms. The summed E-state index contributed by atoms with van der Waals surface area (Å²) < 4.78 is 60.8. The van der Waals surface area contributed by atoms with Crippen molar-refractivity contribution in [2.45, 2.75) is 12.6 Å². The Bertz CT molecular complexity index is 614. The van der Waals surface area contributed by atoms with Crippen LogP contribution in [0.1, 0.15) is 12.0 Å². The topological polar surface area (TPSA) is 66.5 Å². The molecule has 0 aliphatic rings. The predicted molar refractivity (Wildman–Crippen MR) is 72.2 cm³/mol. The van der Waals surface area contributed by atoms with Crippen LogP contribution in [0.15, 0.2) is 24.3 Å². The monoisotopic (exact) mass is 324 g/mol. The number of rotatable bonds is 5. The van der Waals surface area contributed by atoms with Gasteiger partial charge >= 0.3 is 6.18 Å². The molecule has 1 aromatic carbocycles. The van der Waals surface area contributed by atoms with Crippen LogP contribution in [0, 0.1) is 0 Å². The van der Waals surface area contributed by atoms with Gasteiger partial charge in [-0.05, 0) is 18.2 Å². The fourth-order valence-electron chi connectivity index (χ4n) is 1.42. The molecule has 1 aromatic rings. The molecule has 118 valence electrons. The van der Waals surface area contributed by atoms with Crippen molar-refractivity contribution in [3.05, 3.63) is 29.8 Å². The molecule has 0 fully saturated rings. The van der Waals surface area contributed by atoms with Gasteiger partial charge in [0.25, 0.3) is 0 Å². The Balaban J connectivity index is 2.64. The van der Waals surface area contributed by atoms with Crippen molar-refractivity contribution in [3.63, 3.8) is 0 Å². The summed E-state index contributed by atoms with van der Waals surface area (Å²) in [5.41, 5.74) is -0.856. The zero-order valence-electron chi connectivity index (χ0n) is 11.4. The number of benzene rings is 1. The third kappa shape index (κ3) is 5.72. The normalized spacial score (nSPS) is 12.5. The number of halogens is 3. The predicted octanol–water partition coefficient (Wildman–Crippen LogP) is 1.93. The van der Waals surface area contributed by atoms with Gasteiger partial charge in [-0.1, -0.05) is 6.07 Å². The minimum absolute atomic E-state index is 0.0110. The number of sulfonamides is 1. The third-order valence-corrected chi connectivity index (χ3v) is 4.01. The standard InChI is InChI=1S/C12H15F3N2O3S/c1-17(21(2,19)20)7-6-11(18)16-10-5-3-4-9(8-10)12(13,14)15/h3-5,8H,6-7H2,1-2H3,(H,16,18). The Hall–Kier alpha value is -1.61. The Morgan fingerprint density at radius 3 is 2.48 bits per heavy atom. The molecule has 0 aliphatic carbocycles. The first-order chi connectivity index (χ1) is 9.50. The smallest absolute Gasteiger partial charge is 0.326 e. The van der Waals surface area contributed by atoms with E-state index in [-0.39, 0.29) is 18.7 Å². The molecule has 0 spiro atoms. The molecule has 5 nitrogen and oxygen atoms in total. The molecule has 0 bridgehead atoms. The highest BCUT2D eigenvalue weighted by molar-refractivity contribution is 7.88. The molecule has 0 aromatic heterocycles. The second-order valence-corrected chi connectivity index (χ2v) is 6.55. The molecule has 0 atom stereocenters. The van der Waals surface area contributed by atoms with Crippen molar-refractivity contribution in [1.29, 1.82) is 0 Å². The van der Waals surface area contributed by atoms with Gasteiger partial charge in [-0.25, -0.2) is 12.7 Å². The summed E-state index contributed by atoms with van der Waals surface area (Å²) in [4.78, 5) is 11.6. The Labute approximate surface area is 120 Å². The highest BCUT2D eigenvalue weighted by Gasteiger charge is 2.30. The van der Waals surface area contributed by atoms with Crippen molar-refractivity contribution in [2.24, 2.45) is 0 Å². The molecule has 0 heterocycles. The number of hydrogen-bond acceptors (Lipinski definition) is 3. The maximum Gasteiger partial charge on any atom is 0.416 e. The Morgan fingerprint density at radius 2 is 1.95 bits per heavy atom. The summed E-state index contributed by atoms with van der Waals surface area (Å²) in [6.45, 7) is -0.0520. The molecular formula is C12H15F3N2O3S. The van der Waals surface area contributed by atoms with Crippen LogP contribution in [0.3, 0.4) is 0 Å². The lowest BCUT2D eigenvalue weighted by molar-refractivity contribution is -0.137. The highest BCUT2D eigenvalue weighted by atomic mass is 32.2. The number of nitrogens with one attached hydrogen (secondary N) is 1. The molecule has 1 rings (SSSR count). The van der Waals surface area contributed by atoms with Gasteiger partial charge in [0.15, 0.2) is 0 Å². The van der Waals surface area contributed by atoms with E-state index in [1.807, 2.05) is 0 Å². The maximum absolute atomic E-state index is 12.5. The lowest BCUT2D eigenvalue weighted by Gasteiger charge is -2.14. The van der Waals surface area contributed by atoms with Crippen LogP contribution >= 0.6 is 0 Å². The molecule has 0 saturated heterocycles. The van der Waals surface area contributed by atoms with Crippen LogP contribution in [-0.4, -0.2) is 38.5 Å². The van der Waals surface area contributed by atoms with Gasteiger partial charge in [-0.2, -0.15) is 13.2 Å². The van der Waals surface area contributed by atoms with Crippen molar-refractivity contribution >= 4 is 21.6 Å². The second kappa shape index (κ2) is 6.44. The van der Waals surface area contributed by atoms with Crippen LogP contribution in [0.2, 0.25) is 0 Å². The van der Waals surface area contributed by atoms with E-state index >= 15 is 0 Å². The van der Waals surface area contributed by atoms with Crippen LogP contribution in [0.25, 0.3) is 0 Å². The quantitative estimate of drug-likeness (QED) is 0.900. The molecule has 21 heavy (non-hydrogen) atoms. The summed E-state index contributed by atoms with van der Waals surface area (Å²) in [5, 5.41) is 2.30. The zero-order chi connectivity index (χ0) is 16.3. The third-order valence-electron chi connectivity index (χ3n) is 2.69. The molecule has 1 N–H and O–H groups in total. The number of carbonyl (C=O) groups excluding carboxylic acids is 1. The number of anilines is 1. The number of hydrogen-bond donors (Lipinski definition) is 1. The van der Waals surface area contributed by atoms with Gasteiger partial charge in [0.1, 0.15) is 0 Å². The molecule has 0 radical (unpaired) electrons. The first-order valence-corrected chi connectivity index (χ1v) is 7.73. The summed E-state index contributed by atoms with van der Waals surface area (Å²) in [5.74, 6) is -0.565. The van der Waals surface area contributed by atoms with Crippen LogP contribution < -0.4 is 5.32 Å². The van der Waals surface area contributed by atoms with Gasteiger partial charge in [0, 0.05) is 25.7 Å². The Kier molecular flexibility index (Phi) is 5.35. The van der Waals surface area contributed by atoms with E-state index in [1.54, 1.807) is 0 Å². The summed E-state index contributed by atoms with van der Waals surface area (Å²) in [6, 6.07) is 4.22. The largest absolute Gasteiger partial charge is 0.416 e. The first-order valence-electron chi connectivity index (χ1n) is 5.88. The average Bonchev–Trinajstić information content (AvgIpc) is 2.34. The lowest BCUT2D eigenvalue weighted by Crippen LogP contribution is -2.29. The molecule has 0 aliphatic heterocycles. The van der Waals surface area contributed by atoms with Gasteiger partial charge in [-0.3, -0.25) is 4.79 Å². The number of amides is 1. The van der Waals surface area contributed by atoms with Crippen LogP contribution in [-0.2, 0) is 21.0 Å². The van der Waals surface area contributed by atoms with Crippen LogP contribution in [0.4, 0.5) is 18.9 Å². The SMILES string of the molecule is CN(CCC(=O)Nc1cccc(C(F)(F)F)c1)S(C)(=O)=O. The van der Waals surface area contributed by atoms with Crippen molar-refractivity contribution in [2.75, 3.05) is 25.2 Å². The summed E-state index contributed by atoms with van der Waals surface area (Å²) >= 11 is 0. The number of alkyl halides is 3. The number of nitrogens with zero attached hydrogens (tertiary/aromatic N) is 1. The van der Waals surface area contributed by atoms with E-state index < -0.39 is 27.7 Å². The second-order valence-electron chi connectivity index (χ2n) is 4.46. The van der Waals surface area contributed by atoms with E-state index in [0.717, 1.165) is 22.7 Å². The van der Waals surface area contributed by atoms with E-state index in [1.165, 1.54) is 19.2 Å². The maximum atomic E-state index is 12.5. The summed E-state index contributed by atoms with van der Waals surface area (Å²) in [6.07, 6.45) is -3.64. The molecular weight excluding hydrogens is 309 g/mol. The fourth-order valence-corrected chi connectivity index (χ4v) is 1.84. The lowest BCUT2D eigenvalue weighted by atomic mass is 10.2. The van der Waals surface area contributed by atoms with Crippen molar-refractivity contribution < 1.29 is 26.4 Å². The van der Waals surface area contributed by atoms with Gasteiger partial charge < -0.3 is 5.32 Å².